The van der Waals surface area contributed by atoms with Crippen molar-refractivity contribution in [3.8, 4) is 11.1 Å². The number of pyridine rings is 1. The van der Waals surface area contributed by atoms with Crippen LogP contribution < -0.4 is 0 Å². The number of nitrogens with zero attached hydrogens (tertiary/aromatic N) is 1. The standard InChI is InChI=1S/C21H11ClF3NO2S/c22-13-4-6-16-19(9-13)26-11-20(21(16)12-2-1-3-14(23)8-12)29(27,28)15-5-7-17(24)18(25)10-15/h1-11H. The molecule has 0 radical (unpaired) electrons. The number of rotatable bonds is 3. The second-order valence-electron chi connectivity index (χ2n) is 6.25. The van der Waals surface area contributed by atoms with E-state index in [-0.39, 0.29) is 10.5 Å². The topological polar surface area (TPSA) is 47.0 Å². The third kappa shape index (κ3) is 3.47. The van der Waals surface area contributed by atoms with Crippen LogP contribution in [0, 0.1) is 17.5 Å². The van der Waals surface area contributed by atoms with E-state index in [2.05, 4.69) is 4.98 Å². The maximum absolute atomic E-state index is 13.9. The first-order valence-electron chi connectivity index (χ1n) is 8.32. The van der Waals surface area contributed by atoms with E-state index in [1.165, 1.54) is 18.2 Å². The Morgan fingerprint density at radius 2 is 1.66 bits per heavy atom. The Morgan fingerprint density at radius 3 is 2.38 bits per heavy atom. The van der Waals surface area contributed by atoms with Crippen LogP contribution in [0.5, 0.6) is 0 Å². The molecule has 0 atom stereocenters. The molecule has 0 spiro atoms. The van der Waals surface area contributed by atoms with Crippen LogP contribution in [0.1, 0.15) is 0 Å². The molecule has 0 saturated carbocycles. The van der Waals surface area contributed by atoms with Crippen LogP contribution in [0.2, 0.25) is 5.02 Å². The molecule has 146 valence electrons. The quantitative estimate of drug-likeness (QED) is 0.383. The summed E-state index contributed by atoms with van der Waals surface area (Å²) < 4.78 is 67.3. The Balaban J connectivity index is 2.08. The zero-order chi connectivity index (χ0) is 20.8. The fraction of sp³-hybridized carbons (Fsp3) is 0. The van der Waals surface area contributed by atoms with E-state index < -0.39 is 32.2 Å². The Bertz CT molecular complexity index is 1370. The Hall–Kier alpha value is -2.90. The van der Waals surface area contributed by atoms with Crippen LogP contribution in [-0.4, -0.2) is 13.4 Å². The Kier molecular flexibility index (Phi) is 4.80. The molecule has 3 aromatic carbocycles. The van der Waals surface area contributed by atoms with Gasteiger partial charge in [0.2, 0.25) is 9.84 Å². The van der Waals surface area contributed by atoms with Gasteiger partial charge < -0.3 is 0 Å². The van der Waals surface area contributed by atoms with E-state index in [1.807, 2.05) is 0 Å². The number of hydrogen-bond acceptors (Lipinski definition) is 3. The lowest BCUT2D eigenvalue weighted by molar-refractivity contribution is 0.504. The van der Waals surface area contributed by atoms with Crippen molar-refractivity contribution in [2.24, 2.45) is 0 Å². The van der Waals surface area contributed by atoms with Crippen molar-refractivity contribution < 1.29 is 21.6 Å². The Morgan fingerprint density at radius 1 is 0.862 bits per heavy atom. The average Bonchev–Trinajstić information content (AvgIpc) is 2.68. The van der Waals surface area contributed by atoms with Crippen molar-refractivity contribution in [2.45, 2.75) is 9.79 Å². The van der Waals surface area contributed by atoms with Gasteiger partial charge in [-0.25, -0.2) is 21.6 Å². The van der Waals surface area contributed by atoms with Gasteiger partial charge in [0.25, 0.3) is 0 Å². The second kappa shape index (κ2) is 7.17. The molecule has 8 heteroatoms. The first kappa shape index (κ1) is 19.4. The third-order valence-corrected chi connectivity index (χ3v) is 6.40. The highest BCUT2D eigenvalue weighted by atomic mass is 35.5. The van der Waals surface area contributed by atoms with E-state index in [0.29, 0.717) is 27.6 Å². The maximum atomic E-state index is 13.9. The normalized spacial score (nSPS) is 11.7. The number of aromatic nitrogens is 1. The van der Waals surface area contributed by atoms with Crippen LogP contribution in [0.25, 0.3) is 22.0 Å². The fourth-order valence-electron chi connectivity index (χ4n) is 3.06. The smallest absolute Gasteiger partial charge is 0.208 e. The molecule has 1 heterocycles. The van der Waals surface area contributed by atoms with E-state index in [9.17, 15) is 21.6 Å². The molecule has 0 amide bonds. The van der Waals surface area contributed by atoms with E-state index in [4.69, 9.17) is 11.6 Å². The highest BCUT2D eigenvalue weighted by Crippen LogP contribution is 2.37. The van der Waals surface area contributed by atoms with Crippen LogP contribution in [-0.2, 0) is 9.84 Å². The lowest BCUT2D eigenvalue weighted by Crippen LogP contribution is -2.06. The summed E-state index contributed by atoms with van der Waals surface area (Å²) in [6.07, 6.45) is 1.11. The van der Waals surface area contributed by atoms with E-state index >= 15 is 0 Å². The summed E-state index contributed by atoms with van der Waals surface area (Å²) in [5, 5.41) is 0.815. The zero-order valence-corrected chi connectivity index (χ0v) is 16.1. The average molecular weight is 434 g/mol. The summed E-state index contributed by atoms with van der Waals surface area (Å²) in [5.41, 5.74) is 0.887. The van der Waals surface area contributed by atoms with Gasteiger partial charge in [-0.2, -0.15) is 0 Å². The third-order valence-electron chi connectivity index (χ3n) is 4.40. The molecule has 4 rings (SSSR count). The first-order valence-corrected chi connectivity index (χ1v) is 10.2. The molecule has 4 aromatic rings. The number of sulfone groups is 1. The molecule has 0 saturated heterocycles. The minimum atomic E-state index is -4.30. The van der Waals surface area contributed by atoms with Gasteiger partial charge in [-0.3, -0.25) is 4.98 Å². The highest BCUT2D eigenvalue weighted by Gasteiger charge is 2.26. The molecular weight excluding hydrogens is 423 g/mol. The molecule has 0 aliphatic rings. The SMILES string of the molecule is O=S(=O)(c1ccc(F)c(F)c1)c1cnc2cc(Cl)ccc2c1-c1cccc(F)c1. The molecule has 29 heavy (non-hydrogen) atoms. The van der Waals surface area contributed by atoms with Crippen molar-refractivity contribution >= 4 is 32.3 Å². The molecule has 3 nitrogen and oxygen atoms in total. The molecule has 0 fully saturated rings. The minimum absolute atomic E-state index is 0.191. The van der Waals surface area contributed by atoms with Crippen molar-refractivity contribution in [3.05, 3.63) is 89.3 Å². The van der Waals surface area contributed by atoms with Gasteiger partial charge in [-0.05, 0) is 48.0 Å². The zero-order valence-electron chi connectivity index (χ0n) is 14.5. The number of fused-ring (bicyclic) bond motifs is 1. The lowest BCUT2D eigenvalue weighted by atomic mass is 10.0. The van der Waals surface area contributed by atoms with Crippen molar-refractivity contribution in [1.29, 1.82) is 0 Å². The predicted octanol–water partition coefficient (Wildman–Crippen LogP) is 5.81. The number of benzene rings is 3. The molecular formula is C21H11ClF3NO2S. The summed E-state index contributed by atoms with van der Waals surface area (Å²) in [6, 6.07) is 12.4. The van der Waals surface area contributed by atoms with E-state index in [1.54, 1.807) is 24.3 Å². The van der Waals surface area contributed by atoms with Gasteiger partial charge in [0.15, 0.2) is 11.6 Å². The van der Waals surface area contributed by atoms with Gasteiger partial charge in [0.05, 0.1) is 15.3 Å². The molecule has 0 N–H and O–H groups in total. The predicted molar refractivity (Wildman–Crippen MR) is 104 cm³/mol. The van der Waals surface area contributed by atoms with Gasteiger partial charge in [0, 0.05) is 22.2 Å². The van der Waals surface area contributed by atoms with Gasteiger partial charge >= 0.3 is 0 Å². The highest BCUT2D eigenvalue weighted by molar-refractivity contribution is 7.91. The van der Waals surface area contributed by atoms with Gasteiger partial charge in [0.1, 0.15) is 5.82 Å². The van der Waals surface area contributed by atoms with Gasteiger partial charge in [-0.15, -0.1) is 0 Å². The van der Waals surface area contributed by atoms with Crippen LogP contribution in [0.15, 0.2) is 76.7 Å². The Labute approximate surface area is 169 Å². The summed E-state index contributed by atoms with van der Waals surface area (Å²) in [6.45, 7) is 0. The molecule has 0 bridgehead atoms. The molecule has 0 unspecified atom stereocenters. The van der Waals surface area contributed by atoms with Crippen LogP contribution in [0.4, 0.5) is 13.2 Å². The fourth-order valence-corrected chi connectivity index (χ4v) is 4.68. The summed E-state index contributed by atoms with van der Waals surface area (Å²) >= 11 is 6.00. The number of hydrogen-bond donors (Lipinski definition) is 0. The van der Waals surface area contributed by atoms with Crippen LogP contribution in [0.3, 0.4) is 0 Å². The summed E-state index contributed by atoms with van der Waals surface area (Å²) in [7, 11) is -4.30. The van der Waals surface area contributed by atoms with E-state index in [0.717, 1.165) is 18.3 Å². The van der Waals surface area contributed by atoms with Crippen molar-refractivity contribution in [3.63, 3.8) is 0 Å². The van der Waals surface area contributed by atoms with Gasteiger partial charge in [-0.1, -0.05) is 29.8 Å². The monoisotopic (exact) mass is 433 g/mol. The second-order valence-corrected chi connectivity index (χ2v) is 8.60. The van der Waals surface area contributed by atoms with Crippen molar-refractivity contribution in [2.75, 3.05) is 0 Å². The number of halogens is 4. The first-order chi connectivity index (χ1) is 13.8. The van der Waals surface area contributed by atoms with Crippen molar-refractivity contribution in [1.82, 2.24) is 4.98 Å². The summed E-state index contributed by atoms with van der Waals surface area (Å²) in [5.74, 6) is -3.02. The summed E-state index contributed by atoms with van der Waals surface area (Å²) in [4.78, 5) is 3.46. The maximum Gasteiger partial charge on any atom is 0.208 e. The minimum Gasteiger partial charge on any atom is -0.255 e. The lowest BCUT2D eigenvalue weighted by Gasteiger charge is -2.14. The molecule has 0 aliphatic carbocycles. The molecule has 1 aromatic heterocycles. The largest absolute Gasteiger partial charge is 0.255 e. The molecule has 0 aliphatic heterocycles. The van der Waals surface area contributed by atoms with Crippen LogP contribution >= 0.6 is 11.6 Å².